The molecule has 1 N–H and O–H groups in total. The molecule has 0 amide bonds. The first-order valence-corrected chi connectivity index (χ1v) is 9.57. The third kappa shape index (κ3) is 4.05. The number of likely N-dealkylation sites (tertiary alicyclic amines) is 1. The summed E-state index contributed by atoms with van der Waals surface area (Å²) in [5, 5.41) is 0. The maximum Gasteiger partial charge on any atom is 0.241 e. The SMILES string of the molecule is COc1cc(C)c(S(=O)(=O)NC[C@@H]2CCCN(C)C2)c(C)c1C. The minimum absolute atomic E-state index is 0.378. The molecule has 0 aliphatic carbocycles. The van der Waals surface area contributed by atoms with Crippen LogP contribution in [0, 0.1) is 26.7 Å². The molecule has 0 radical (unpaired) electrons. The third-order valence-corrected chi connectivity index (χ3v) is 6.46. The smallest absolute Gasteiger partial charge is 0.241 e. The Morgan fingerprint density at radius 1 is 1.30 bits per heavy atom. The van der Waals surface area contributed by atoms with Crippen molar-refractivity contribution in [2.45, 2.75) is 38.5 Å². The second-order valence-electron chi connectivity index (χ2n) is 6.60. The molecular weight excluding hydrogens is 312 g/mol. The van der Waals surface area contributed by atoms with Crippen molar-refractivity contribution in [2.75, 3.05) is 33.8 Å². The Labute approximate surface area is 140 Å². The lowest BCUT2D eigenvalue weighted by molar-refractivity contribution is 0.211. The fourth-order valence-electron chi connectivity index (χ4n) is 3.39. The summed E-state index contributed by atoms with van der Waals surface area (Å²) in [7, 11) is 0.179. The van der Waals surface area contributed by atoms with Gasteiger partial charge in [-0.1, -0.05) is 0 Å². The molecule has 0 saturated carbocycles. The molecule has 0 spiro atoms. The van der Waals surface area contributed by atoms with E-state index in [0.29, 0.717) is 17.4 Å². The van der Waals surface area contributed by atoms with Gasteiger partial charge in [-0.15, -0.1) is 0 Å². The summed E-state index contributed by atoms with van der Waals surface area (Å²) in [6.07, 6.45) is 2.20. The molecule has 1 aromatic carbocycles. The number of ether oxygens (including phenoxy) is 1. The molecule has 0 aromatic heterocycles. The average Bonchev–Trinajstić information content (AvgIpc) is 2.49. The average molecular weight is 340 g/mol. The van der Waals surface area contributed by atoms with Crippen molar-refractivity contribution in [3.05, 3.63) is 22.8 Å². The van der Waals surface area contributed by atoms with E-state index in [1.807, 2.05) is 20.8 Å². The molecule has 23 heavy (non-hydrogen) atoms. The van der Waals surface area contributed by atoms with Crippen LogP contribution in [0.5, 0.6) is 5.75 Å². The number of nitrogens with one attached hydrogen (secondary N) is 1. The molecule has 0 unspecified atom stereocenters. The highest BCUT2D eigenvalue weighted by atomic mass is 32.2. The van der Waals surface area contributed by atoms with E-state index in [9.17, 15) is 8.42 Å². The van der Waals surface area contributed by atoms with Gasteiger partial charge in [-0.2, -0.15) is 0 Å². The number of aryl methyl sites for hydroxylation is 1. The summed E-state index contributed by atoms with van der Waals surface area (Å²) in [6.45, 7) is 8.09. The Morgan fingerprint density at radius 2 is 2.00 bits per heavy atom. The Bertz CT molecular complexity index is 671. The molecule has 0 bridgehead atoms. The van der Waals surface area contributed by atoms with Gasteiger partial charge in [0.25, 0.3) is 0 Å². The number of sulfonamides is 1. The summed E-state index contributed by atoms with van der Waals surface area (Å²) < 4.78 is 33.7. The summed E-state index contributed by atoms with van der Waals surface area (Å²) >= 11 is 0. The second kappa shape index (κ2) is 7.20. The predicted octanol–water partition coefficient (Wildman–Crippen LogP) is 2.24. The van der Waals surface area contributed by atoms with E-state index in [0.717, 1.165) is 48.4 Å². The molecule has 2 rings (SSSR count). The van der Waals surface area contributed by atoms with Crippen molar-refractivity contribution in [1.29, 1.82) is 0 Å². The van der Waals surface area contributed by atoms with Crippen molar-refractivity contribution < 1.29 is 13.2 Å². The van der Waals surface area contributed by atoms with Crippen LogP contribution in [0.1, 0.15) is 29.5 Å². The summed E-state index contributed by atoms with van der Waals surface area (Å²) in [5.41, 5.74) is 2.35. The summed E-state index contributed by atoms with van der Waals surface area (Å²) in [4.78, 5) is 2.65. The van der Waals surface area contributed by atoms with Crippen LogP contribution < -0.4 is 9.46 Å². The highest BCUT2D eigenvalue weighted by Crippen LogP contribution is 2.30. The Balaban J connectivity index is 2.21. The van der Waals surface area contributed by atoms with Crippen LogP contribution in [-0.2, 0) is 10.0 Å². The van der Waals surface area contributed by atoms with Gasteiger partial charge in [-0.05, 0) is 75.9 Å². The van der Waals surface area contributed by atoms with E-state index in [4.69, 9.17) is 4.74 Å². The van der Waals surface area contributed by atoms with Crippen LogP contribution in [0.2, 0.25) is 0 Å². The first-order valence-electron chi connectivity index (χ1n) is 8.09. The van der Waals surface area contributed by atoms with Gasteiger partial charge in [0.2, 0.25) is 10.0 Å². The van der Waals surface area contributed by atoms with Crippen molar-refractivity contribution in [3.8, 4) is 5.75 Å². The molecule has 5 nitrogen and oxygen atoms in total. The van der Waals surface area contributed by atoms with Gasteiger partial charge in [-0.25, -0.2) is 13.1 Å². The van der Waals surface area contributed by atoms with Gasteiger partial charge >= 0.3 is 0 Å². The quantitative estimate of drug-likeness (QED) is 0.893. The van der Waals surface area contributed by atoms with Crippen LogP contribution in [0.15, 0.2) is 11.0 Å². The molecule has 1 aliphatic heterocycles. The lowest BCUT2D eigenvalue weighted by Gasteiger charge is -2.29. The van der Waals surface area contributed by atoms with Crippen molar-refractivity contribution in [1.82, 2.24) is 9.62 Å². The van der Waals surface area contributed by atoms with Crippen LogP contribution in [0.25, 0.3) is 0 Å². The minimum atomic E-state index is -3.51. The van der Waals surface area contributed by atoms with Crippen molar-refractivity contribution in [3.63, 3.8) is 0 Å². The minimum Gasteiger partial charge on any atom is -0.496 e. The number of nitrogens with zero attached hydrogens (tertiary/aromatic N) is 1. The van der Waals surface area contributed by atoms with E-state index >= 15 is 0 Å². The Hall–Kier alpha value is -1.11. The van der Waals surface area contributed by atoms with Crippen molar-refractivity contribution in [2.24, 2.45) is 5.92 Å². The van der Waals surface area contributed by atoms with E-state index in [2.05, 4.69) is 16.7 Å². The monoisotopic (exact) mass is 340 g/mol. The zero-order valence-corrected chi connectivity index (χ0v) is 15.6. The fraction of sp³-hybridized carbons (Fsp3) is 0.647. The van der Waals surface area contributed by atoms with Crippen LogP contribution in [0.3, 0.4) is 0 Å². The first kappa shape index (κ1) is 18.2. The van der Waals surface area contributed by atoms with Gasteiger partial charge in [-0.3, -0.25) is 0 Å². The number of piperidine rings is 1. The molecule has 1 saturated heterocycles. The molecular formula is C17H28N2O3S. The second-order valence-corrected chi connectivity index (χ2v) is 8.30. The molecule has 130 valence electrons. The predicted molar refractivity (Wildman–Crippen MR) is 92.6 cm³/mol. The van der Waals surface area contributed by atoms with E-state index in [1.54, 1.807) is 13.2 Å². The number of rotatable bonds is 5. The molecule has 1 aromatic rings. The van der Waals surface area contributed by atoms with Gasteiger partial charge in [0, 0.05) is 13.1 Å². The van der Waals surface area contributed by atoms with Crippen LogP contribution in [-0.4, -0.2) is 47.1 Å². The largest absolute Gasteiger partial charge is 0.496 e. The van der Waals surface area contributed by atoms with Crippen LogP contribution in [0.4, 0.5) is 0 Å². The highest BCUT2D eigenvalue weighted by molar-refractivity contribution is 7.89. The number of hydrogen-bond acceptors (Lipinski definition) is 4. The zero-order valence-electron chi connectivity index (χ0n) is 14.8. The van der Waals surface area contributed by atoms with E-state index < -0.39 is 10.0 Å². The fourth-order valence-corrected chi connectivity index (χ4v) is 5.02. The molecule has 6 heteroatoms. The van der Waals surface area contributed by atoms with Gasteiger partial charge in [0.1, 0.15) is 5.75 Å². The summed E-state index contributed by atoms with van der Waals surface area (Å²) in [6, 6.07) is 1.80. The standard InChI is InChI=1S/C17H28N2O3S/c1-12-9-16(22-5)13(2)14(3)17(12)23(20,21)18-10-15-7-6-8-19(4)11-15/h9,15,18H,6-8,10-11H2,1-5H3/t15-/m0/s1. The third-order valence-electron chi connectivity index (χ3n) is 4.75. The van der Waals surface area contributed by atoms with Gasteiger partial charge in [0.05, 0.1) is 12.0 Å². The maximum absolute atomic E-state index is 12.8. The Kier molecular flexibility index (Phi) is 5.70. The molecule has 1 aliphatic rings. The van der Waals surface area contributed by atoms with E-state index in [-0.39, 0.29) is 0 Å². The number of hydrogen-bond donors (Lipinski definition) is 1. The van der Waals surface area contributed by atoms with Crippen molar-refractivity contribution >= 4 is 10.0 Å². The van der Waals surface area contributed by atoms with Gasteiger partial charge < -0.3 is 9.64 Å². The number of benzene rings is 1. The lowest BCUT2D eigenvalue weighted by atomic mass is 9.99. The zero-order chi connectivity index (χ0) is 17.2. The Morgan fingerprint density at radius 3 is 2.61 bits per heavy atom. The summed E-state index contributed by atoms with van der Waals surface area (Å²) in [5.74, 6) is 1.11. The maximum atomic E-state index is 12.8. The first-order chi connectivity index (χ1) is 10.8. The van der Waals surface area contributed by atoms with Crippen LogP contribution >= 0.6 is 0 Å². The molecule has 1 fully saturated rings. The number of methoxy groups -OCH3 is 1. The highest BCUT2D eigenvalue weighted by Gasteiger charge is 2.25. The topological polar surface area (TPSA) is 58.6 Å². The van der Waals surface area contributed by atoms with E-state index in [1.165, 1.54) is 0 Å². The lowest BCUT2D eigenvalue weighted by Crippen LogP contribution is -2.39. The van der Waals surface area contributed by atoms with Gasteiger partial charge in [0.15, 0.2) is 0 Å². The normalized spacial score (nSPS) is 19.8. The molecule has 1 heterocycles. The molecule has 1 atom stereocenters.